The van der Waals surface area contributed by atoms with Gasteiger partial charge in [0.1, 0.15) is 24.7 Å². The van der Waals surface area contributed by atoms with E-state index in [0.717, 1.165) is 11.3 Å². The van der Waals surface area contributed by atoms with Gasteiger partial charge in [0.05, 0.1) is 5.69 Å². The molecule has 0 saturated heterocycles. The van der Waals surface area contributed by atoms with Gasteiger partial charge in [0.15, 0.2) is 5.11 Å². The average Bonchev–Trinajstić information content (AvgIpc) is 2.73. The Labute approximate surface area is 175 Å². The summed E-state index contributed by atoms with van der Waals surface area (Å²) in [7, 11) is 0. The maximum Gasteiger partial charge on any atom is 0.257 e. The number of carbonyl (C=O) groups excluding carboxylic acids is 1. The van der Waals surface area contributed by atoms with E-state index in [1.807, 2.05) is 79.7 Å². The minimum Gasteiger partial charge on any atom is -0.490 e. The molecule has 0 unspecified atom stereocenters. The highest BCUT2D eigenvalue weighted by Gasteiger charge is 2.10. The summed E-state index contributed by atoms with van der Waals surface area (Å²) >= 11 is 5.28. The van der Waals surface area contributed by atoms with Crippen LogP contribution in [0.25, 0.3) is 0 Å². The van der Waals surface area contributed by atoms with E-state index in [4.69, 9.17) is 21.7 Å². The third-order valence-corrected chi connectivity index (χ3v) is 4.20. The first-order chi connectivity index (χ1) is 14.1. The molecule has 0 heterocycles. The van der Waals surface area contributed by atoms with Crippen molar-refractivity contribution in [3.8, 4) is 11.5 Å². The van der Waals surface area contributed by atoms with Crippen LogP contribution in [0, 0.1) is 6.92 Å². The number of amides is 1. The van der Waals surface area contributed by atoms with Crippen molar-refractivity contribution in [1.29, 1.82) is 0 Å². The largest absolute Gasteiger partial charge is 0.490 e. The number of para-hydroxylation sites is 3. The molecule has 1 amide bonds. The summed E-state index contributed by atoms with van der Waals surface area (Å²) < 4.78 is 11.4. The van der Waals surface area contributed by atoms with E-state index in [1.165, 1.54) is 0 Å². The van der Waals surface area contributed by atoms with Crippen LogP contribution in [-0.2, 0) is 0 Å². The van der Waals surface area contributed by atoms with Gasteiger partial charge in [-0.1, -0.05) is 48.0 Å². The summed E-state index contributed by atoms with van der Waals surface area (Å²) in [6.07, 6.45) is 0. The zero-order valence-electron chi connectivity index (χ0n) is 16.1. The molecule has 0 aromatic heterocycles. The highest BCUT2D eigenvalue weighted by molar-refractivity contribution is 7.80. The summed E-state index contributed by atoms with van der Waals surface area (Å²) in [5.74, 6) is 1.15. The second-order valence-electron chi connectivity index (χ2n) is 6.28. The molecule has 0 fully saturated rings. The molecular weight excluding hydrogens is 384 g/mol. The summed E-state index contributed by atoms with van der Waals surface area (Å²) in [6, 6.07) is 24.3. The lowest BCUT2D eigenvalue weighted by molar-refractivity contribution is 0.0977. The predicted octanol–water partition coefficient (Wildman–Crippen LogP) is 4.58. The number of benzene rings is 3. The average molecular weight is 407 g/mol. The highest BCUT2D eigenvalue weighted by Crippen LogP contribution is 2.23. The van der Waals surface area contributed by atoms with E-state index < -0.39 is 0 Å². The van der Waals surface area contributed by atoms with Gasteiger partial charge in [0, 0.05) is 5.56 Å². The van der Waals surface area contributed by atoms with Crippen molar-refractivity contribution < 1.29 is 14.3 Å². The lowest BCUT2D eigenvalue weighted by Gasteiger charge is -2.14. The van der Waals surface area contributed by atoms with Crippen molar-refractivity contribution >= 4 is 28.9 Å². The van der Waals surface area contributed by atoms with Crippen LogP contribution in [0.2, 0.25) is 0 Å². The van der Waals surface area contributed by atoms with Crippen LogP contribution in [0.1, 0.15) is 15.9 Å². The van der Waals surface area contributed by atoms with Crippen LogP contribution < -0.4 is 20.1 Å². The minimum absolute atomic E-state index is 0.202. The maximum absolute atomic E-state index is 12.3. The number of thiocarbonyl (C=S) groups is 1. The van der Waals surface area contributed by atoms with Gasteiger partial charge in [-0.15, -0.1) is 0 Å². The monoisotopic (exact) mass is 406 g/mol. The Morgan fingerprint density at radius 2 is 1.62 bits per heavy atom. The Bertz CT molecular complexity index is 977. The molecule has 5 nitrogen and oxygen atoms in total. The molecule has 0 bridgehead atoms. The topological polar surface area (TPSA) is 59.6 Å². The normalized spacial score (nSPS) is 10.1. The molecule has 0 aliphatic carbocycles. The number of ether oxygens (including phenoxy) is 2. The van der Waals surface area contributed by atoms with Gasteiger partial charge in [-0.25, -0.2) is 0 Å². The predicted molar refractivity (Wildman–Crippen MR) is 119 cm³/mol. The third-order valence-electron chi connectivity index (χ3n) is 4.00. The number of carbonyl (C=O) groups is 1. The van der Waals surface area contributed by atoms with Gasteiger partial charge in [-0.2, -0.15) is 0 Å². The molecular formula is C23H22N2O3S. The van der Waals surface area contributed by atoms with Crippen LogP contribution in [-0.4, -0.2) is 24.2 Å². The number of hydrogen-bond acceptors (Lipinski definition) is 4. The second kappa shape index (κ2) is 10.2. The summed E-state index contributed by atoms with van der Waals surface area (Å²) in [5.41, 5.74) is 2.23. The summed E-state index contributed by atoms with van der Waals surface area (Å²) in [5, 5.41) is 5.91. The summed E-state index contributed by atoms with van der Waals surface area (Å²) in [6.45, 7) is 2.71. The lowest BCUT2D eigenvalue weighted by atomic mass is 10.1. The van der Waals surface area contributed by atoms with Crippen LogP contribution >= 0.6 is 12.2 Å². The highest BCUT2D eigenvalue weighted by atomic mass is 32.1. The molecule has 6 heteroatoms. The smallest absolute Gasteiger partial charge is 0.257 e. The van der Waals surface area contributed by atoms with Gasteiger partial charge >= 0.3 is 0 Å². The Balaban J connectivity index is 1.52. The number of rotatable bonds is 7. The second-order valence-corrected chi connectivity index (χ2v) is 6.69. The number of anilines is 1. The van der Waals surface area contributed by atoms with E-state index in [2.05, 4.69) is 10.6 Å². The van der Waals surface area contributed by atoms with Gasteiger partial charge in [0.2, 0.25) is 0 Å². The fraction of sp³-hybridized carbons (Fsp3) is 0.130. The molecule has 3 aromatic carbocycles. The number of hydrogen-bond donors (Lipinski definition) is 2. The zero-order chi connectivity index (χ0) is 20.5. The Morgan fingerprint density at radius 1 is 0.897 bits per heavy atom. The van der Waals surface area contributed by atoms with E-state index in [9.17, 15) is 4.79 Å². The lowest BCUT2D eigenvalue weighted by Crippen LogP contribution is -2.34. The van der Waals surface area contributed by atoms with Crippen molar-refractivity contribution in [3.05, 3.63) is 90.0 Å². The molecule has 0 saturated carbocycles. The fourth-order valence-electron chi connectivity index (χ4n) is 2.64. The first-order valence-corrected chi connectivity index (χ1v) is 9.61. The first kappa shape index (κ1) is 20.4. The Hall–Kier alpha value is -3.38. The maximum atomic E-state index is 12.3. The van der Waals surface area contributed by atoms with Crippen LogP contribution in [0.4, 0.5) is 5.69 Å². The van der Waals surface area contributed by atoms with Crippen molar-refractivity contribution in [1.82, 2.24) is 5.32 Å². The van der Waals surface area contributed by atoms with E-state index >= 15 is 0 Å². The van der Waals surface area contributed by atoms with Gasteiger partial charge < -0.3 is 14.8 Å². The Morgan fingerprint density at radius 3 is 2.41 bits per heavy atom. The molecule has 148 valence electrons. The molecule has 0 radical (unpaired) electrons. The zero-order valence-corrected chi connectivity index (χ0v) is 16.9. The molecule has 0 atom stereocenters. The first-order valence-electron chi connectivity index (χ1n) is 9.20. The van der Waals surface area contributed by atoms with Crippen LogP contribution in [0.5, 0.6) is 11.5 Å². The van der Waals surface area contributed by atoms with E-state index in [-0.39, 0.29) is 11.0 Å². The molecule has 2 N–H and O–H groups in total. The SMILES string of the molecule is Cc1cccc(C(=O)NC(=S)Nc2ccccc2OCCOc2ccccc2)c1. The Kier molecular flexibility index (Phi) is 7.19. The molecule has 29 heavy (non-hydrogen) atoms. The molecule has 0 spiro atoms. The standard InChI is InChI=1S/C23H22N2O3S/c1-17-8-7-9-18(16-17)22(26)25-23(29)24-20-12-5-6-13-21(20)28-15-14-27-19-10-3-2-4-11-19/h2-13,16H,14-15H2,1H3,(H2,24,25,26,29). The quantitative estimate of drug-likeness (QED) is 0.444. The molecule has 0 aliphatic heterocycles. The van der Waals surface area contributed by atoms with E-state index in [0.29, 0.717) is 30.2 Å². The molecule has 3 aromatic rings. The van der Waals surface area contributed by atoms with Gasteiger partial charge in [-0.05, 0) is 55.5 Å². The molecule has 3 rings (SSSR count). The van der Waals surface area contributed by atoms with Gasteiger partial charge in [0.25, 0.3) is 5.91 Å². The summed E-state index contributed by atoms with van der Waals surface area (Å²) in [4.78, 5) is 12.3. The van der Waals surface area contributed by atoms with Crippen molar-refractivity contribution in [2.75, 3.05) is 18.5 Å². The van der Waals surface area contributed by atoms with Crippen molar-refractivity contribution in [3.63, 3.8) is 0 Å². The van der Waals surface area contributed by atoms with Crippen molar-refractivity contribution in [2.45, 2.75) is 6.92 Å². The van der Waals surface area contributed by atoms with Crippen molar-refractivity contribution in [2.24, 2.45) is 0 Å². The van der Waals surface area contributed by atoms with Crippen LogP contribution in [0.3, 0.4) is 0 Å². The number of aryl methyl sites for hydroxylation is 1. The molecule has 0 aliphatic rings. The van der Waals surface area contributed by atoms with Crippen LogP contribution in [0.15, 0.2) is 78.9 Å². The fourth-order valence-corrected chi connectivity index (χ4v) is 2.84. The third kappa shape index (κ3) is 6.33. The van der Waals surface area contributed by atoms with Gasteiger partial charge in [-0.3, -0.25) is 10.1 Å². The minimum atomic E-state index is -0.263. The van der Waals surface area contributed by atoms with E-state index in [1.54, 1.807) is 6.07 Å². The number of nitrogens with one attached hydrogen (secondary N) is 2.